The van der Waals surface area contributed by atoms with Crippen LogP contribution in [0.4, 0.5) is 5.69 Å². The van der Waals surface area contributed by atoms with Crippen LogP contribution in [0.1, 0.15) is 30.1 Å². The first-order valence-corrected chi connectivity index (χ1v) is 7.56. The number of unbranched alkanes of at least 4 members (excludes halogenated alkanes) is 1. The summed E-state index contributed by atoms with van der Waals surface area (Å²) in [7, 11) is 1.46. The van der Waals surface area contributed by atoms with Gasteiger partial charge in [0.05, 0.1) is 19.3 Å². The monoisotopic (exact) mass is 315 g/mol. The smallest absolute Gasteiger partial charge is 0.259 e. The van der Waals surface area contributed by atoms with E-state index in [0.717, 1.165) is 12.8 Å². The van der Waals surface area contributed by atoms with E-state index in [1.54, 1.807) is 30.3 Å². The highest BCUT2D eigenvalue weighted by Crippen LogP contribution is 2.29. The number of nitrogens with one attached hydrogen (secondary N) is 1. The molecule has 5 nitrogen and oxygen atoms in total. The standard InChI is InChI=1S/C18H21NO4/c1-3-4-11-23-16-8-6-5-7-14(16)18(21)19-13-9-10-15(20)17(12-13)22-2/h5-10,12,20H,3-4,11H2,1-2H3,(H,19,21). The SMILES string of the molecule is CCCCOc1ccccc1C(=O)Nc1ccc(O)c(OC)c1. The van der Waals surface area contributed by atoms with Crippen LogP contribution in [-0.4, -0.2) is 24.7 Å². The molecule has 0 saturated heterocycles. The number of aromatic hydroxyl groups is 1. The Balaban J connectivity index is 2.14. The van der Waals surface area contributed by atoms with E-state index in [2.05, 4.69) is 12.2 Å². The van der Waals surface area contributed by atoms with Crippen molar-refractivity contribution >= 4 is 11.6 Å². The molecule has 0 atom stereocenters. The molecule has 2 aromatic rings. The fourth-order valence-electron chi connectivity index (χ4n) is 2.06. The van der Waals surface area contributed by atoms with Crippen LogP contribution < -0.4 is 14.8 Å². The lowest BCUT2D eigenvalue weighted by Gasteiger charge is -2.12. The number of anilines is 1. The lowest BCUT2D eigenvalue weighted by Crippen LogP contribution is -2.14. The van der Waals surface area contributed by atoms with Gasteiger partial charge >= 0.3 is 0 Å². The van der Waals surface area contributed by atoms with Crippen LogP contribution in [-0.2, 0) is 0 Å². The van der Waals surface area contributed by atoms with Gasteiger partial charge in [-0.25, -0.2) is 0 Å². The molecule has 0 saturated carbocycles. The topological polar surface area (TPSA) is 67.8 Å². The first-order valence-electron chi connectivity index (χ1n) is 7.56. The normalized spacial score (nSPS) is 10.2. The van der Waals surface area contributed by atoms with E-state index in [-0.39, 0.29) is 11.7 Å². The first kappa shape index (κ1) is 16.7. The van der Waals surface area contributed by atoms with E-state index in [0.29, 0.717) is 29.4 Å². The van der Waals surface area contributed by atoms with Crippen molar-refractivity contribution in [2.24, 2.45) is 0 Å². The van der Waals surface area contributed by atoms with Gasteiger partial charge < -0.3 is 19.9 Å². The third-order valence-electron chi connectivity index (χ3n) is 3.32. The van der Waals surface area contributed by atoms with Gasteiger partial charge in [0.15, 0.2) is 11.5 Å². The van der Waals surface area contributed by atoms with Crippen molar-refractivity contribution in [1.29, 1.82) is 0 Å². The molecule has 0 heterocycles. The summed E-state index contributed by atoms with van der Waals surface area (Å²) >= 11 is 0. The minimum absolute atomic E-state index is 0.0220. The highest BCUT2D eigenvalue weighted by molar-refractivity contribution is 6.06. The number of phenolic OH excluding ortho intramolecular Hbond substituents is 1. The number of benzene rings is 2. The molecule has 0 bridgehead atoms. The van der Waals surface area contributed by atoms with Crippen LogP contribution in [0.15, 0.2) is 42.5 Å². The van der Waals surface area contributed by atoms with Crippen molar-refractivity contribution in [2.45, 2.75) is 19.8 Å². The lowest BCUT2D eigenvalue weighted by atomic mass is 10.1. The fraction of sp³-hybridized carbons (Fsp3) is 0.278. The molecule has 2 N–H and O–H groups in total. The Kier molecular flexibility index (Phi) is 5.86. The Hall–Kier alpha value is -2.69. The zero-order valence-electron chi connectivity index (χ0n) is 13.3. The van der Waals surface area contributed by atoms with Gasteiger partial charge in [0.25, 0.3) is 5.91 Å². The summed E-state index contributed by atoms with van der Waals surface area (Å²) in [6.45, 7) is 2.66. The maximum absolute atomic E-state index is 12.5. The zero-order chi connectivity index (χ0) is 16.7. The highest BCUT2D eigenvalue weighted by Gasteiger charge is 2.13. The predicted molar refractivity (Wildman–Crippen MR) is 89.5 cm³/mol. The molecule has 0 radical (unpaired) electrons. The fourth-order valence-corrected chi connectivity index (χ4v) is 2.06. The minimum Gasteiger partial charge on any atom is -0.504 e. The number of carbonyl (C=O) groups is 1. The van der Waals surface area contributed by atoms with Crippen molar-refractivity contribution in [2.75, 3.05) is 19.0 Å². The quantitative estimate of drug-likeness (QED) is 0.602. The molecule has 0 fully saturated rings. The average molecular weight is 315 g/mol. The second kappa shape index (κ2) is 8.08. The van der Waals surface area contributed by atoms with E-state index in [9.17, 15) is 9.90 Å². The number of hydrogen-bond acceptors (Lipinski definition) is 4. The zero-order valence-corrected chi connectivity index (χ0v) is 13.3. The Morgan fingerprint density at radius 2 is 1.96 bits per heavy atom. The van der Waals surface area contributed by atoms with Crippen LogP contribution in [0.5, 0.6) is 17.2 Å². The maximum atomic E-state index is 12.5. The second-order valence-electron chi connectivity index (χ2n) is 5.04. The number of para-hydroxylation sites is 1. The Morgan fingerprint density at radius 1 is 1.17 bits per heavy atom. The van der Waals surface area contributed by atoms with Gasteiger partial charge in [-0.2, -0.15) is 0 Å². The molecule has 0 aromatic heterocycles. The maximum Gasteiger partial charge on any atom is 0.259 e. The van der Waals surface area contributed by atoms with Gasteiger partial charge in [-0.3, -0.25) is 4.79 Å². The van der Waals surface area contributed by atoms with Crippen molar-refractivity contribution in [1.82, 2.24) is 0 Å². The predicted octanol–water partition coefficient (Wildman–Crippen LogP) is 3.83. The van der Waals surface area contributed by atoms with Crippen molar-refractivity contribution in [3.63, 3.8) is 0 Å². The molecule has 23 heavy (non-hydrogen) atoms. The summed E-state index contributed by atoms with van der Waals surface area (Å²) in [5.41, 5.74) is 1.00. The largest absolute Gasteiger partial charge is 0.504 e. The van der Waals surface area contributed by atoms with E-state index < -0.39 is 0 Å². The van der Waals surface area contributed by atoms with Gasteiger partial charge in [0.2, 0.25) is 0 Å². The van der Waals surface area contributed by atoms with Gasteiger partial charge in [-0.15, -0.1) is 0 Å². The summed E-state index contributed by atoms with van der Waals surface area (Å²) in [4.78, 5) is 12.5. The van der Waals surface area contributed by atoms with E-state index in [4.69, 9.17) is 9.47 Å². The van der Waals surface area contributed by atoms with E-state index >= 15 is 0 Å². The minimum atomic E-state index is -0.273. The molecule has 2 rings (SSSR count). The van der Waals surface area contributed by atoms with Crippen molar-refractivity contribution in [3.05, 3.63) is 48.0 Å². The number of ether oxygens (including phenoxy) is 2. The van der Waals surface area contributed by atoms with Crippen LogP contribution in [0.3, 0.4) is 0 Å². The molecule has 122 valence electrons. The molecule has 2 aromatic carbocycles. The Morgan fingerprint density at radius 3 is 2.70 bits per heavy atom. The molecule has 0 spiro atoms. The first-order chi connectivity index (χ1) is 11.2. The van der Waals surface area contributed by atoms with Crippen LogP contribution in [0, 0.1) is 0 Å². The second-order valence-corrected chi connectivity index (χ2v) is 5.04. The van der Waals surface area contributed by atoms with Gasteiger partial charge in [-0.1, -0.05) is 25.5 Å². The molecule has 0 aliphatic heterocycles. The third kappa shape index (κ3) is 4.39. The highest BCUT2D eigenvalue weighted by atomic mass is 16.5. The number of rotatable bonds is 7. The van der Waals surface area contributed by atoms with Crippen molar-refractivity contribution < 1.29 is 19.4 Å². The molecule has 5 heteroatoms. The lowest BCUT2D eigenvalue weighted by molar-refractivity contribution is 0.102. The van der Waals surface area contributed by atoms with Gasteiger partial charge in [0, 0.05) is 11.8 Å². The van der Waals surface area contributed by atoms with Crippen LogP contribution in [0.25, 0.3) is 0 Å². The molecule has 0 aliphatic rings. The molecule has 1 amide bonds. The van der Waals surface area contributed by atoms with Crippen LogP contribution in [0.2, 0.25) is 0 Å². The molecule has 0 aliphatic carbocycles. The van der Waals surface area contributed by atoms with E-state index in [1.807, 2.05) is 6.07 Å². The summed E-state index contributed by atoms with van der Waals surface area (Å²) in [5.74, 6) is 0.609. The summed E-state index contributed by atoms with van der Waals surface area (Å²) in [6.07, 6.45) is 1.97. The summed E-state index contributed by atoms with van der Waals surface area (Å²) < 4.78 is 10.7. The third-order valence-corrected chi connectivity index (χ3v) is 3.32. The number of hydrogen-bond donors (Lipinski definition) is 2. The molecular formula is C18H21NO4. The van der Waals surface area contributed by atoms with Gasteiger partial charge in [0.1, 0.15) is 5.75 Å². The summed E-state index contributed by atoms with van der Waals surface area (Å²) in [5, 5.41) is 12.4. The van der Waals surface area contributed by atoms with Crippen LogP contribution >= 0.6 is 0 Å². The van der Waals surface area contributed by atoms with Crippen molar-refractivity contribution in [3.8, 4) is 17.2 Å². The Bertz CT molecular complexity index is 670. The number of amides is 1. The average Bonchev–Trinajstić information content (AvgIpc) is 2.57. The molecule has 0 unspecified atom stereocenters. The van der Waals surface area contributed by atoms with Gasteiger partial charge in [-0.05, 0) is 30.7 Å². The van der Waals surface area contributed by atoms with E-state index in [1.165, 1.54) is 13.2 Å². The molecular weight excluding hydrogens is 294 g/mol. The number of methoxy groups -OCH3 is 1. The summed E-state index contributed by atoms with van der Waals surface area (Å²) in [6, 6.07) is 11.8. The number of carbonyl (C=O) groups excluding carboxylic acids is 1. The number of phenols is 1. The Labute approximate surface area is 135 Å².